The normalized spacial score (nSPS) is 16.5. The molecule has 4 rings (SSSR count). The van der Waals surface area contributed by atoms with E-state index in [1.54, 1.807) is 14.0 Å². The van der Waals surface area contributed by atoms with E-state index in [1.165, 1.54) is 5.56 Å². The summed E-state index contributed by atoms with van der Waals surface area (Å²) in [5.74, 6) is 0.841. The molecule has 0 fully saturated rings. The van der Waals surface area contributed by atoms with Crippen molar-refractivity contribution in [3.05, 3.63) is 48.3 Å². The molecule has 2 aromatic heterocycles. The summed E-state index contributed by atoms with van der Waals surface area (Å²) >= 11 is 0. The third-order valence-electron chi connectivity index (χ3n) is 4.60. The Balaban J connectivity index is 1.79. The number of carbonyl (C=O) groups excluding carboxylic acids is 1. The first-order chi connectivity index (χ1) is 11.6. The lowest BCUT2D eigenvalue weighted by atomic mass is 10.1. The molecule has 0 saturated heterocycles. The van der Waals surface area contributed by atoms with Gasteiger partial charge in [0.25, 0.3) is 0 Å². The number of imidazole rings is 1. The lowest BCUT2D eigenvalue weighted by Crippen LogP contribution is -2.33. The summed E-state index contributed by atoms with van der Waals surface area (Å²) in [6.45, 7) is 3.70. The number of carbonyl (C=O) groups is 1. The molecular weight excluding hydrogens is 302 g/mol. The number of amides is 1. The zero-order chi connectivity index (χ0) is 16.8. The lowest BCUT2D eigenvalue weighted by molar-refractivity contribution is -0.116. The zero-order valence-electron chi connectivity index (χ0n) is 14.0. The molecule has 0 aliphatic carbocycles. The van der Waals surface area contributed by atoms with E-state index >= 15 is 0 Å². The summed E-state index contributed by atoms with van der Waals surface area (Å²) in [4.78, 5) is 18.4. The number of anilines is 1. The summed E-state index contributed by atoms with van der Waals surface area (Å²) in [5, 5.41) is 0. The second kappa shape index (κ2) is 5.37. The number of rotatable bonds is 2. The number of fused-ring (bicyclic) bond motifs is 2. The first-order valence-corrected chi connectivity index (χ1v) is 8.03. The van der Waals surface area contributed by atoms with Crippen LogP contribution in [0, 0.1) is 0 Å². The minimum Gasteiger partial charge on any atom is -0.493 e. The average Bonchev–Trinajstić information content (AvgIpc) is 3.13. The highest BCUT2D eigenvalue weighted by molar-refractivity contribution is 5.95. The highest BCUT2D eigenvalue weighted by Gasteiger charge is 2.29. The topological polar surface area (TPSA) is 46.8 Å². The van der Waals surface area contributed by atoms with Gasteiger partial charge in [-0.25, -0.2) is 4.98 Å². The predicted molar refractivity (Wildman–Crippen MR) is 93.5 cm³/mol. The van der Waals surface area contributed by atoms with Crippen LogP contribution in [0.25, 0.3) is 16.9 Å². The van der Waals surface area contributed by atoms with E-state index in [2.05, 4.69) is 13.0 Å². The van der Waals surface area contributed by atoms with Crippen LogP contribution in [-0.2, 0) is 11.2 Å². The van der Waals surface area contributed by atoms with E-state index in [0.29, 0.717) is 0 Å². The van der Waals surface area contributed by atoms with E-state index in [1.807, 2.05) is 46.0 Å². The van der Waals surface area contributed by atoms with Crippen LogP contribution in [0.15, 0.2) is 42.7 Å². The summed E-state index contributed by atoms with van der Waals surface area (Å²) in [6.07, 6.45) is 4.83. The van der Waals surface area contributed by atoms with Crippen LogP contribution >= 0.6 is 0 Å². The van der Waals surface area contributed by atoms with Crippen LogP contribution in [0.5, 0.6) is 5.75 Å². The molecule has 1 aromatic carbocycles. The molecule has 0 N–H and O–H groups in total. The average molecular weight is 321 g/mol. The van der Waals surface area contributed by atoms with E-state index in [-0.39, 0.29) is 11.9 Å². The third-order valence-corrected chi connectivity index (χ3v) is 4.60. The molecule has 1 amide bonds. The number of nitrogens with zero attached hydrogens (tertiary/aromatic N) is 3. The minimum atomic E-state index is 0.0893. The Bertz CT molecular complexity index is 945. The van der Waals surface area contributed by atoms with Gasteiger partial charge in [-0.15, -0.1) is 0 Å². The Labute approximate surface area is 140 Å². The van der Waals surface area contributed by atoms with Crippen LogP contribution in [0.4, 0.5) is 5.69 Å². The van der Waals surface area contributed by atoms with Gasteiger partial charge in [0, 0.05) is 36.6 Å². The van der Waals surface area contributed by atoms with E-state index < -0.39 is 0 Å². The smallest absolute Gasteiger partial charge is 0.224 e. The number of benzene rings is 1. The van der Waals surface area contributed by atoms with Gasteiger partial charge in [0.2, 0.25) is 5.91 Å². The van der Waals surface area contributed by atoms with Gasteiger partial charge in [0.05, 0.1) is 12.8 Å². The molecule has 5 nitrogen and oxygen atoms in total. The number of pyridine rings is 1. The van der Waals surface area contributed by atoms with E-state index in [9.17, 15) is 4.79 Å². The predicted octanol–water partition coefficient (Wildman–Crippen LogP) is 3.31. The van der Waals surface area contributed by atoms with Crippen LogP contribution < -0.4 is 9.64 Å². The maximum absolute atomic E-state index is 11.9. The zero-order valence-corrected chi connectivity index (χ0v) is 14.0. The van der Waals surface area contributed by atoms with Crippen molar-refractivity contribution in [2.24, 2.45) is 0 Å². The summed E-state index contributed by atoms with van der Waals surface area (Å²) in [6, 6.07) is 10.2. The Morgan fingerprint density at radius 3 is 2.92 bits per heavy atom. The van der Waals surface area contributed by atoms with Crippen molar-refractivity contribution in [1.29, 1.82) is 0 Å². The summed E-state index contributed by atoms with van der Waals surface area (Å²) in [7, 11) is 1.65. The molecule has 24 heavy (non-hydrogen) atoms. The second-order valence-electron chi connectivity index (χ2n) is 6.22. The van der Waals surface area contributed by atoms with Gasteiger partial charge in [-0.3, -0.25) is 4.79 Å². The fraction of sp³-hybridized carbons (Fsp3) is 0.263. The van der Waals surface area contributed by atoms with Crippen LogP contribution in [0.3, 0.4) is 0 Å². The highest BCUT2D eigenvalue weighted by atomic mass is 16.5. The van der Waals surface area contributed by atoms with Crippen LogP contribution in [0.2, 0.25) is 0 Å². The van der Waals surface area contributed by atoms with E-state index in [0.717, 1.165) is 34.8 Å². The second-order valence-corrected chi connectivity index (χ2v) is 6.22. The number of aromatic nitrogens is 2. The molecule has 0 radical (unpaired) electrons. The minimum absolute atomic E-state index is 0.0893. The van der Waals surface area contributed by atoms with Crippen molar-refractivity contribution < 1.29 is 9.53 Å². The molecule has 1 aliphatic rings. The molecule has 122 valence electrons. The van der Waals surface area contributed by atoms with Crippen molar-refractivity contribution in [3.8, 4) is 17.0 Å². The summed E-state index contributed by atoms with van der Waals surface area (Å²) in [5.41, 5.74) is 4.96. The molecule has 0 bridgehead atoms. The number of methoxy groups -OCH3 is 1. The lowest BCUT2D eigenvalue weighted by Gasteiger charge is -2.20. The monoisotopic (exact) mass is 321 g/mol. The molecule has 1 aliphatic heterocycles. The van der Waals surface area contributed by atoms with Gasteiger partial charge in [-0.2, -0.15) is 0 Å². The summed E-state index contributed by atoms with van der Waals surface area (Å²) < 4.78 is 7.34. The van der Waals surface area contributed by atoms with Crippen molar-refractivity contribution in [2.75, 3.05) is 12.0 Å². The van der Waals surface area contributed by atoms with Crippen molar-refractivity contribution in [3.63, 3.8) is 0 Å². The van der Waals surface area contributed by atoms with Crippen molar-refractivity contribution in [1.82, 2.24) is 9.38 Å². The fourth-order valence-electron chi connectivity index (χ4n) is 3.56. The quantitative estimate of drug-likeness (QED) is 0.727. The highest BCUT2D eigenvalue weighted by Crippen LogP contribution is 2.35. The molecule has 0 spiro atoms. The van der Waals surface area contributed by atoms with Crippen LogP contribution in [0.1, 0.15) is 19.4 Å². The molecule has 1 atom stereocenters. The number of ether oxygens (including phenoxy) is 1. The van der Waals surface area contributed by atoms with Gasteiger partial charge >= 0.3 is 0 Å². The maximum Gasteiger partial charge on any atom is 0.224 e. The molecule has 0 saturated carbocycles. The van der Waals surface area contributed by atoms with Gasteiger partial charge < -0.3 is 14.0 Å². The maximum atomic E-state index is 11.9. The standard InChI is InChI=1S/C19H19N3O2/c1-12-9-15-10-14(6-7-17(15)22(12)13(2)23)16-11-21-8-4-5-18(24-3)19(21)20-16/h4-8,10-12H,9H2,1-3H3. The molecular formula is C19H19N3O2. The first-order valence-electron chi connectivity index (χ1n) is 8.03. The van der Waals surface area contributed by atoms with Gasteiger partial charge in [0.15, 0.2) is 11.4 Å². The van der Waals surface area contributed by atoms with Crippen LogP contribution in [-0.4, -0.2) is 28.4 Å². The van der Waals surface area contributed by atoms with Crippen molar-refractivity contribution in [2.45, 2.75) is 26.3 Å². The molecule has 3 heterocycles. The SMILES string of the molecule is COc1cccn2cc(-c3ccc4c(c3)CC(C)N4C(C)=O)nc12. The molecule has 3 aromatic rings. The van der Waals surface area contributed by atoms with Gasteiger partial charge in [-0.05, 0) is 43.2 Å². The van der Waals surface area contributed by atoms with Crippen molar-refractivity contribution >= 4 is 17.2 Å². The fourth-order valence-corrected chi connectivity index (χ4v) is 3.56. The Morgan fingerprint density at radius 2 is 2.17 bits per heavy atom. The largest absolute Gasteiger partial charge is 0.493 e. The Hall–Kier alpha value is -2.82. The number of hydrogen-bond donors (Lipinski definition) is 0. The van der Waals surface area contributed by atoms with Gasteiger partial charge in [-0.1, -0.05) is 6.07 Å². The Morgan fingerprint density at radius 1 is 1.33 bits per heavy atom. The van der Waals surface area contributed by atoms with Gasteiger partial charge in [0.1, 0.15) is 0 Å². The number of hydrogen-bond acceptors (Lipinski definition) is 3. The van der Waals surface area contributed by atoms with E-state index in [4.69, 9.17) is 9.72 Å². The Kier molecular flexibility index (Phi) is 3.30. The molecule has 5 heteroatoms. The third kappa shape index (κ3) is 2.16. The molecule has 1 unspecified atom stereocenters. The first kappa shape index (κ1) is 14.8.